The number of para-hydroxylation sites is 2. The van der Waals surface area contributed by atoms with Crippen LogP contribution in [0.15, 0.2) is 53.5 Å². The summed E-state index contributed by atoms with van der Waals surface area (Å²) in [5.74, 6) is 0.259. The number of aromatic nitrogens is 3. The molecule has 0 aliphatic heterocycles. The Labute approximate surface area is 161 Å². The fourth-order valence-corrected chi connectivity index (χ4v) is 3.29. The van der Waals surface area contributed by atoms with Crippen molar-refractivity contribution in [3.63, 3.8) is 0 Å². The molecule has 0 saturated heterocycles. The minimum Gasteiger partial charge on any atom is -0.492 e. The van der Waals surface area contributed by atoms with Gasteiger partial charge in [0, 0.05) is 13.2 Å². The second-order valence-corrected chi connectivity index (χ2v) is 6.51. The number of fused-ring (bicyclic) bond motifs is 2. The highest BCUT2D eigenvalue weighted by atomic mass is 16.5. The summed E-state index contributed by atoms with van der Waals surface area (Å²) in [5, 5.41) is 3.26. The molecule has 3 heterocycles. The van der Waals surface area contributed by atoms with Crippen LogP contribution >= 0.6 is 0 Å². The van der Waals surface area contributed by atoms with E-state index in [1.54, 1.807) is 42.1 Å². The van der Waals surface area contributed by atoms with Crippen molar-refractivity contribution in [3.05, 3.63) is 70.3 Å². The minimum atomic E-state index is -0.335. The molecule has 7 nitrogen and oxygen atoms in total. The van der Waals surface area contributed by atoms with Crippen molar-refractivity contribution in [2.75, 3.05) is 11.9 Å². The highest BCUT2D eigenvalue weighted by molar-refractivity contribution is 6.06. The van der Waals surface area contributed by atoms with E-state index in [0.29, 0.717) is 40.4 Å². The van der Waals surface area contributed by atoms with Gasteiger partial charge in [0.05, 0.1) is 17.7 Å². The summed E-state index contributed by atoms with van der Waals surface area (Å²) >= 11 is 0. The molecular formula is C21H20N4O3. The van der Waals surface area contributed by atoms with Gasteiger partial charge in [0.15, 0.2) is 0 Å². The predicted molar refractivity (Wildman–Crippen MR) is 108 cm³/mol. The van der Waals surface area contributed by atoms with Crippen LogP contribution in [-0.2, 0) is 7.05 Å². The first-order chi connectivity index (χ1) is 13.5. The molecule has 4 aromatic rings. The summed E-state index contributed by atoms with van der Waals surface area (Å²) in [6.45, 7) is 4.27. The molecule has 1 amide bonds. The van der Waals surface area contributed by atoms with Crippen molar-refractivity contribution < 1.29 is 9.53 Å². The molecule has 0 radical (unpaired) electrons. The lowest BCUT2D eigenvalue weighted by molar-refractivity contribution is 0.101. The van der Waals surface area contributed by atoms with E-state index in [0.717, 1.165) is 5.56 Å². The smallest absolute Gasteiger partial charge is 0.272 e. The number of nitrogens with zero attached hydrogens (tertiary/aromatic N) is 3. The van der Waals surface area contributed by atoms with Gasteiger partial charge < -0.3 is 14.6 Å². The van der Waals surface area contributed by atoms with Gasteiger partial charge in [0.2, 0.25) is 0 Å². The largest absolute Gasteiger partial charge is 0.492 e. The zero-order chi connectivity index (χ0) is 19.8. The normalized spacial score (nSPS) is 11.1. The highest BCUT2D eigenvalue weighted by Crippen LogP contribution is 2.25. The van der Waals surface area contributed by atoms with Gasteiger partial charge in [0.25, 0.3) is 11.5 Å². The molecule has 0 fully saturated rings. The maximum Gasteiger partial charge on any atom is 0.272 e. The van der Waals surface area contributed by atoms with Crippen LogP contribution in [0.3, 0.4) is 0 Å². The molecule has 142 valence electrons. The molecule has 0 spiro atoms. The average molecular weight is 376 g/mol. The van der Waals surface area contributed by atoms with Gasteiger partial charge >= 0.3 is 0 Å². The number of ether oxygens (including phenoxy) is 1. The number of nitrogens with one attached hydrogen (secondary N) is 1. The van der Waals surface area contributed by atoms with Gasteiger partial charge in [-0.05, 0) is 43.7 Å². The monoisotopic (exact) mass is 376 g/mol. The Morgan fingerprint density at radius 2 is 1.96 bits per heavy atom. The van der Waals surface area contributed by atoms with Gasteiger partial charge in [-0.2, -0.15) is 0 Å². The first kappa shape index (κ1) is 17.8. The number of rotatable bonds is 4. The van der Waals surface area contributed by atoms with Crippen molar-refractivity contribution in [2.45, 2.75) is 13.8 Å². The zero-order valence-electron chi connectivity index (χ0n) is 15.9. The van der Waals surface area contributed by atoms with E-state index in [1.165, 1.54) is 4.40 Å². The molecule has 0 saturated carbocycles. The maximum atomic E-state index is 12.9. The van der Waals surface area contributed by atoms with Crippen molar-refractivity contribution in [3.8, 4) is 5.75 Å². The third kappa shape index (κ3) is 2.81. The maximum absolute atomic E-state index is 12.9. The number of anilines is 1. The number of hydrogen-bond donors (Lipinski definition) is 1. The SMILES string of the molecule is CCOc1ccccc1NC(=O)c1cc2c(=O)n3cccc(C)c3nc2n1C. The van der Waals surface area contributed by atoms with Crippen molar-refractivity contribution in [1.29, 1.82) is 0 Å². The Morgan fingerprint density at radius 3 is 2.75 bits per heavy atom. The Balaban J connectivity index is 1.81. The molecule has 28 heavy (non-hydrogen) atoms. The Kier molecular flexibility index (Phi) is 4.35. The molecule has 0 aliphatic rings. The van der Waals surface area contributed by atoms with Crippen LogP contribution < -0.4 is 15.6 Å². The van der Waals surface area contributed by atoms with Gasteiger partial charge in [-0.3, -0.25) is 14.0 Å². The van der Waals surface area contributed by atoms with Gasteiger partial charge in [-0.15, -0.1) is 0 Å². The standard InChI is InChI=1S/C21H20N4O3/c1-4-28-17-10-6-5-9-15(17)22-20(26)16-12-14-19(24(16)3)23-18-13(2)8-7-11-25(18)21(14)27/h5-12H,4H2,1-3H3,(H,22,26). The quantitative estimate of drug-likeness (QED) is 0.594. The molecule has 0 unspecified atom stereocenters. The van der Waals surface area contributed by atoms with Crippen LogP contribution in [0.5, 0.6) is 5.75 Å². The summed E-state index contributed by atoms with van der Waals surface area (Å²) in [5.41, 5.74) is 2.66. The van der Waals surface area contributed by atoms with Crippen molar-refractivity contribution in [1.82, 2.24) is 14.0 Å². The van der Waals surface area contributed by atoms with Crippen LogP contribution in [0.4, 0.5) is 5.69 Å². The highest BCUT2D eigenvalue weighted by Gasteiger charge is 2.19. The summed E-state index contributed by atoms with van der Waals surface area (Å²) < 4.78 is 8.70. The Bertz CT molecular complexity index is 1270. The zero-order valence-corrected chi connectivity index (χ0v) is 15.9. The van der Waals surface area contributed by atoms with Crippen LogP contribution in [0.1, 0.15) is 23.0 Å². The van der Waals surface area contributed by atoms with Crippen LogP contribution in [0.25, 0.3) is 16.7 Å². The molecule has 0 bridgehead atoms. The number of amides is 1. The summed E-state index contributed by atoms with van der Waals surface area (Å²) in [6.07, 6.45) is 1.68. The molecule has 7 heteroatoms. The number of carbonyl (C=O) groups is 1. The second kappa shape index (κ2) is 6.84. The fraction of sp³-hybridized carbons (Fsp3) is 0.190. The third-order valence-corrected chi connectivity index (χ3v) is 4.69. The van der Waals surface area contributed by atoms with Crippen molar-refractivity contribution >= 4 is 28.3 Å². The molecule has 1 N–H and O–H groups in total. The molecular weight excluding hydrogens is 356 g/mol. The van der Waals surface area contributed by atoms with E-state index in [-0.39, 0.29) is 11.5 Å². The second-order valence-electron chi connectivity index (χ2n) is 6.51. The van der Waals surface area contributed by atoms with Gasteiger partial charge in [-0.25, -0.2) is 4.98 Å². The number of benzene rings is 1. The number of hydrogen-bond acceptors (Lipinski definition) is 4. The van der Waals surface area contributed by atoms with Crippen LogP contribution in [0, 0.1) is 6.92 Å². The number of aryl methyl sites for hydroxylation is 2. The topological polar surface area (TPSA) is 77.6 Å². The lowest BCUT2D eigenvalue weighted by atomic mass is 10.2. The Morgan fingerprint density at radius 1 is 1.18 bits per heavy atom. The minimum absolute atomic E-state index is 0.201. The molecule has 1 aromatic carbocycles. The first-order valence-electron chi connectivity index (χ1n) is 9.02. The number of carbonyl (C=O) groups excluding carboxylic acids is 1. The lowest BCUT2D eigenvalue weighted by Gasteiger charge is -2.11. The molecule has 0 aliphatic carbocycles. The molecule has 3 aromatic heterocycles. The predicted octanol–water partition coefficient (Wildman–Crippen LogP) is 3.15. The van der Waals surface area contributed by atoms with E-state index in [2.05, 4.69) is 10.3 Å². The van der Waals surface area contributed by atoms with Gasteiger partial charge in [-0.1, -0.05) is 18.2 Å². The summed E-state index contributed by atoms with van der Waals surface area (Å²) in [4.78, 5) is 30.4. The average Bonchev–Trinajstić information content (AvgIpc) is 3.02. The van der Waals surface area contributed by atoms with E-state index in [4.69, 9.17) is 4.74 Å². The third-order valence-electron chi connectivity index (χ3n) is 4.69. The summed E-state index contributed by atoms with van der Waals surface area (Å²) in [7, 11) is 1.73. The molecule has 4 rings (SSSR count). The first-order valence-corrected chi connectivity index (χ1v) is 9.02. The van der Waals surface area contributed by atoms with E-state index in [1.807, 2.05) is 32.0 Å². The van der Waals surface area contributed by atoms with Gasteiger partial charge in [0.1, 0.15) is 22.7 Å². The number of pyridine rings is 1. The lowest BCUT2D eigenvalue weighted by Crippen LogP contribution is -2.16. The van der Waals surface area contributed by atoms with E-state index >= 15 is 0 Å². The van der Waals surface area contributed by atoms with E-state index < -0.39 is 0 Å². The Hall–Kier alpha value is -3.61. The van der Waals surface area contributed by atoms with Crippen LogP contribution in [-0.4, -0.2) is 26.5 Å². The molecule has 0 atom stereocenters. The van der Waals surface area contributed by atoms with E-state index in [9.17, 15) is 9.59 Å². The van der Waals surface area contributed by atoms with Crippen LogP contribution in [0.2, 0.25) is 0 Å². The van der Waals surface area contributed by atoms with Crippen molar-refractivity contribution in [2.24, 2.45) is 7.05 Å². The fourth-order valence-electron chi connectivity index (χ4n) is 3.29. The summed E-state index contributed by atoms with van der Waals surface area (Å²) in [6, 6.07) is 12.5.